The van der Waals surface area contributed by atoms with E-state index < -0.39 is 30.2 Å². The molecule has 2 atom stereocenters. The highest BCUT2D eigenvalue weighted by atomic mass is 16.5. The number of carboxylic acid groups (broad SMARTS) is 1. The summed E-state index contributed by atoms with van der Waals surface area (Å²) >= 11 is 0. The van der Waals surface area contributed by atoms with E-state index in [0.717, 1.165) is 6.92 Å². The van der Waals surface area contributed by atoms with Gasteiger partial charge in [-0.05, 0) is 0 Å². The van der Waals surface area contributed by atoms with Gasteiger partial charge in [0.05, 0.1) is 0 Å². The summed E-state index contributed by atoms with van der Waals surface area (Å²) in [7, 11) is 0. The number of ether oxygens (including phenoxy) is 1. The number of aliphatic carboxylic acids is 1. The molecule has 1 aromatic rings. The Balaban J connectivity index is 2.89. The number of hydrogen-bond acceptors (Lipinski definition) is 5. The molecule has 1 rings (SSSR count). The second-order valence-corrected chi connectivity index (χ2v) is 3.65. The molecule has 19 heavy (non-hydrogen) atoms. The number of aliphatic hydroxyl groups is 1. The van der Waals surface area contributed by atoms with Crippen molar-refractivity contribution in [2.45, 2.75) is 19.3 Å². The molecule has 0 heterocycles. The molecule has 0 spiro atoms. The molecule has 1 unspecified atom stereocenters. The van der Waals surface area contributed by atoms with E-state index in [9.17, 15) is 14.4 Å². The predicted molar refractivity (Wildman–Crippen MR) is 62.7 cm³/mol. The van der Waals surface area contributed by atoms with Crippen molar-refractivity contribution in [2.75, 3.05) is 0 Å². The van der Waals surface area contributed by atoms with E-state index in [1.807, 2.05) is 5.32 Å². The van der Waals surface area contributed by atoms with Crippen LogP contribution in [0.25, 0.3) is 0 Å². The van der Waals surface area contributed by atoms with Crippen molar-refractivity contribution in [3.05, 3.63) is 35.9 Å². The average Bonchev–Trinajstić information content (AvgIpc) is 2.36. The molecule has 0 saturated carbocycles. The standard InChI is InChI=1S/C12H13NO6/c1-7(14)19-9(8-5-3-2-4-6-8)10(15)13-11(16)12(17)18/h2-6,9,11,16H,1H3,(H,13,15)(H,17,18)/t9-,11?/m1/s1. The number of nitrogens with one attached hydrogen (secondary N) is 1. The van der Waals surface area contributed by atoms with E-state index in [1.165, 1.54) is 0 Å². The first kappa shape index (κ1) is 14.7. The fraction of sp³-hybridized carbons (Fsp3) is 0.250. The zero-order valence-corrected chi connectivity index (χ0v) is 10.1. The van der Waals surface area contributed by atoms with Crippen LogP contribution in [0.2, 0.25) is 0 Å². The highest BCUT2D eigenvalue weighted by Gasteiger charge is 2.27. The molecule has 0 radical (unpaired) electrons. The van der Waals surface area contributed by atoms with Gasteiger partial charge in [0, 0.05) is 12.5 Å². The molecule has 3 N–H and O–H groups in total. The first-order chi connectivity index (χ1) is 8.91. The summed E-state index contributed by atoms with van der Waals surface area (Å²) < 4.78 is 4.82. The highest BCUT2D eigenvalue weighted by molar-refractivity contribution is 5.87. The lowest BCUT2D eigenvalue weighted by atomic mass is 10.1. The maximum atomic E-state index is 11.8. The molecule has 0 aromatic heterocycles. The Morgan fingerprint density at radius 1 is 1.21 bits per heavy atom. The van der Waals surface area contributed by atoms with Gasteiger partial charge in [0.15, 0.2) is 0 Å². The van der Waals surface area contributed by atoms with Gasteiger partial charge in [0.1, 0.15) is 0 Å². The van der Waals surface area contributed by atoms with E-state index in [0.29, 0.717) is 5.56 Å². The minimum atomic E-state index is -2.06. The molecule has 0 aliphatic carbocycles. The lowest BCUT2D eigenvalue weighted by molar-refractivity contribution is -0.159. The van der Waals surface area contributed by atoms with Gasteiger partial charge < -0.3 is 20.3 Å². The van der Waals surface area contributed by atoms with Gasteiger partial charge in [0.2, 0.25) is 12.3 Å². The average molecular weight is 267 g/mol. The number of carbonyl (C=O) groups excluding carboxylic acids is 2. The van der Waals surface area contributed by atoms with Gasteiger partial charge in [-0.25, -0.2) is 4.79 Å². The Morgan fingerprint density at radius 2 is 1.79 bits per heavy atom. The van der Waals surface area contributed by atoms with Crippen LogP contribution in [-0.2, 0) is 19.1 Å². The largest absolute Gasteiger partial charge is 0.478 e. The lowest BCUT2D eigenvalue weighted by Gasteiger charge is -2.18. The van der Waals surface area contributed by atoms with E-state index >= 15 is 0 Å². The first-order valence-corrected chi connectivity index (χ1v) is 5.35. The van der Waals surface area contributed by atoms with Crippen LogP contribution in [0.15, 0.2) is 30.3 Å². The molecule has 0 fully saturated rings. The summed E-state index contributed by atoms with van der Waals surface area (Å²) in [6, 6.07) is 8.05. The number of rotatable bonds is 5. The van der Waals surface area contributed by atoms with Crippen LogP contribution < -0.4 is 5.32 Å². The normalized spacial score (nSPS) is 13.2. The van der Waals surface area contributed by atoms with E-state index in [4.69, 9.17) is 14.9 Å². The minimum Gasteiger partial charge on any atom is -0.478 e. The molecule has 1 aromatic carbocycles. The van der Waals surface area contributed by atoms with Gasteiger partial charge >= 0.3 is 11.9 Å². The molecule has 0 aliphatic rings. The van der Waals surface area contributed by atoms with Crippen LogP contribution in [0.1, 0.15) is 18.6 Å². The topological polar surface area (TPSA) is 113 Å². The summed E-state index contributed by atoms with van der Waals surface area (Å²) in [5.41, 5.74) is 0.368. The molecule has 0 bridgehead atoms. The Labute approximate surface area is 108 Å². The number of carbonyl (C=O) groups is 3. The number of hydrogen-bond donors (Lipinski definition) is 3. The fourth-order valence-electron chi connectivity index (χ4n) is 1.34. The number of benzene rings is 1. The summed E-state index contributed by atoms with van der Waals surface area (Å²) in [6.07, 6.45) is -3.37. The van der Waals surface area contributed by atoms with Crippen LogP contribution in [-0.4, -0.2) is 34.3 Å². The molecule has 102 valence electrons. The van der Waals surface area contributed by atoms with Crippen molar-refractivity contribution >= 4 is 17.8 Å². The van der Waals surface area contributed by atoms with Crippen molar-refractivity contribution in [1.82, 2.24) is 5.32 Å². The quantitative estimate of drug-likeness (QED) is 0.503. The van der Waals surface area contributed by atoms with Crippen molar-refractivity contribution in [1.29, 1.82) is 0 Å². The summed E-state index contributed by atoms with van der Waals surface area (Å²) in [5.74, 6) is -3.23. The zero-order chi connectivity index (χ0) is 14.4. The van der Waals surface area contributed by atoms with E-state index in [1.54, 1.807) is 30.3 Å². The molecule has 7 nitrogen and oxygen atoms in total. The molecular formula is C12H13NO6. The van der Waals surface area contributed by atoms with Crippen molar-refractivity contribution in [2.24, 2.45) is 0 Å². The molecule has 1 amide bonds. The van der Waals surface area contributed by atoms with E-state index in [2.05, 4.69) is 0 Å². The Kier molecular flexibility index (Phi) is 5.01. The smallest absolute Gasteiger partial charge is 0.353 e. The minimum absolute atomic E-state index is 0.368. The fourth-order valence-corrected chi connectivity index (χ4v) is 1.34. The Bertz CT molecular complexity index is 472. The zero-order valence-electron chi connectivity index (χ0n) is 10.1. The summed E-state index contributed by atoms with van der Waals surface area (Å²) in [5, 5.41) is 19.4. The molecular weight excluding hydrogens is 254 g/mol. The monoisotopic (exact) mass is 267 g/mol. The number of aliphatic hydroxyl groups excluding tert-OH is 1. The Morgan fingerprint density at radius 3 is 2.26 bits per heavy atom. The van der Waals surface area contributed by atoms with E-state index in [-0.39, 0.29) is 0 Å². The maximum Gasteiger partial charge on any atom is 0.353 e. The van der Waals surface area contributed by atoms with Gasteiger partial charge in [0.25, 0.3) is 5.91 Å². The molecule has 0 aliphatic heterocycles. The van der Waals surface area contributed by atoms with Gasteiger partial charge in [-0.2, -0.15) is 0 Å². The Hall–Kier alpha value is -2.41. The van der Waals surface area contributed by atoms with Crippen LogP contribution in [0.3, 0.4) is 0 Å². The second-order valence-electron chi connectivity index (χ2n) is 3.65. The third-order valence-electron chi connectivity index (χ3n) is 2.14. The lowest BCUT2D eigenvalue weighted by Crippen LogP contribution is -2.43. The van der Waals surface area contributed by atoms with Crippen LogP contribution in [0.4, 0.5) is 0 Å². The second kappa shape index (κ2) is 6.50. The first-order valence-electron chi connectivity index (χ1n) is 5.35. The van der Waals surface area contributed by atoms with Crippen molar-refractivity contribution in [3.8, 4) is 0 Å². The van der Waals surface area contributed by atoms with Gasteiger partial charge in [-0.3, -0.25) is 9.59 Å². The van der Waals surface area contributed by atoms with Crippen LogP contribution in [0, 0.1) is 0 Å². The summed E-state index contributed by atoms with van der Waals surface area (Å²) in [6.45, 7) is 1.12. The number of carboxylic acids is 1. The molecule has 0 saturated heterocycles. The third-order valence-corrected chi connectivity index (χ3v) is 2.14. The SMILES string of the molecule is CC(=O)O[C@@H](C(=O)NC(O)C(=O)O)c1ccccc1. The number of amides is 1. The van der Waals surface area contributed by atoms with Crippen LogP contribution in [0.5, 0.6) is 0 Å². The maximum absolute atomic E-state index is 11.8. The van der Waals surface area contributed by atoms with Crippen molar-refractivity contribution < 1.29 is 29.3 Å². The predicted octanol–water partition coefficient (Wildman–Crippen LogP) is -0.190. The number of esters is 1. The highest BCUT2D eigenvalue weighted by Crippen LogP contribution is 2.17. The van der Waals surface area contributed by atoms with Gasteiger partial charge in [-0.1, -0.05) is 30.3 Å². The third kappa shape index (κ3) is 4.40. The van der Waals surface area contributed by atoms with Crippen molar-refractivity contribution in [3.63, 3.8) is 0 Å². The summed E-state index contributed by atoms with van der Waals surface area (Å²) in [4.78, 5) is 33.2. The molecule has 7 heteroatoms. The van der Waals surface area contributed by atoms with Crippen LogP contribution >= 0.6 is 0 Å². The van der Waals surface area contributed by atoms with Gasteiger partial charge in [-0.15, -0.1) is 0 Å².